The molecule has 0 aliphatic carbocycles. The van der Waals surface area contributed by atoms with Crippen LogP contribution in [0.1, 0.15) is 0 Å². The van der Waals surface area contributed by atoms with E-state index < -0.39 is 126 Å². The predicted octanol–water partition coefficient (Wildman–Crippen LogP) is -2.71. The monoisotopic (exact) mass is 656 g/mol. The zero-order valence-electron chi connectivity index (χ0n) is 23.8. The van der Waals surface area contributed by atoms with Gasteiger partial charge in [0.2, 0.25) is 23.2 Å². The van der Waals surface area contributed by atoms with Crippen molar-refractivity contribution in [1.29, 1.82) is 0 Å². The van der Waals surface area contributed by atoms with Crippen LogP contribution in [0.2, 0.25) is 0 Å². The normalized spacial score (nSPS) is 31.6. The van der Waals surface area contributed by atoms with E-state index in [0.29, 0.717) is 0 Å². The van der Waals surface area contributed by atoms with Crippen molar-refractivity contribution in [3.63, 3.8) is 0 Å². The first-order chi connectivity index (χ1) is 21.8. The minimum Gasteiger partial charge on any atom is -0.504 e. The molecule has 0 unspecified atom stereocenters. The maximum atomic E-state index is 13.8. The standard InChI is InChI=1S/C28H32O18/c1-41-25-11(32)5-12-15(18(25)35)19(36)26(24(43-12)8-2-3-9(30)10(31)4-8)46-28-23(40)21(38)17(34)14(45-28)7-42-27-22(39)20(37)16(33)13(6-29)44-27/h2-5,13-14,16-17,20-23,27-35,37-40H,6-7H2,1H3/t13-,14-,16-,17-,20+,21+,22-,23-,27-,28+/m1/s1. The lowest BCUT2D eigenvalue weighted by atomic mass is 9.98. The number of hydrogen-bond acceptors (Lipinski definition) is 18. The van der Waals surface area contributed by atoms with Gasteiger partial charge in [-0.05, 0) is 18.2 Å². The fraction of sp³-hybridized carbons (Fsp3) is 0.464. The van der Waals surface area contributed by atoms with Crippen molar-refractivity contribution in [2.45, 2.75) is 61.4 Å². The van der Waals surface area contributed by atoms with Crippen molar-refractivity contribution in [1.82, 2.24) is 0 Å². The first-order valence-electron chi connectivity index (χ1n) is 13.7. The highest BCUT2D eigenvalue weighted by atomic mass is 16.7. The molecule has 2 fully saturated rings. The summed E-state index contributed by atoms with van der Waals surface area (Å²) in [4.78, 5) is 13.8. The largest absolute Gasteiger partial charge is 0.504 e. The Morgan fingerprint density at radius 3 is 2.00 bits per heavy atom. The van der Waals surface area contributed by atoms with Crippen LogP contribution in [0.5, 0.6) is 34.5 Å². The molecule has 11 N–H and O–H groups in total. The molecule has 2 aliphatic rings. The highest BCUT2D eigenvalue weighted by Gasteiger charge is 2.48. The van der Waals surface area contributed by atoms with Gasteiger partial charge in [0.25, 0.3) is 0 Å². The van der Waals surface area contributed by atoms with Crippen molar-refractivity contribution < 1.29 is 84.3 Å². The van der Waals surface area contributed by atoms with Gasteiger partial charge in [-0.25, -0.2) is 0 Å². The summed E-state index contributed by atoms with van der Waals surface area (Å²) in [7, 11) is 1.11. The van der Waals surface area contributed by atoms with E-state index in [1.807, 2.05) is 0 Å². The van der Waals surface area contributed by atoms with Crippen molar-refractivity contribution in [2.75, 3.05) is 20.3 Å². The Kier molecular flexibility index (Phi) is 9.47. The Balaban J connectivity index is 1.50. The topological polar surface area (TPSA) is 299 Å². The lowest BCUT2D eigenvalue weighted by molar-refractivity contribution is -0.323. The zero-order valence-corrected chi connectivity index (χ0v) is 23.8. The van der Waals surface area contributed by atoms with Gasteiger partial charge in [0.05, 0.1) is 20.3 Å². The van der Waals surface area contributed by atoms with Crippen LogP contribution in [0, 0.1) is 0 Å². The number of rotatable bonds is 8. The van der Waals surface area contributed by atoms with Gasteiger partial charge in [-0.15, -0.1) is 0 Å². The third-order valence-electron chi connectivity index (χ3n) is 7.67. The van der Waals surface area contributed by atoms with E-state index in [2.05, 4.69) is 0 Å². The second kappa shape index (κ2) is 13.0. The predicted molar refractivity (Wildman–Crippen MR) is 148 cm³/mol. The Hall–Kier alpha value is -3.95. The molecule has 18 heteroatoms. The van der Waals surface area contributed by atoms with Gasteiger partial charge in [0.1, 0.15) is 59.8 Å². The molecule has 252 valence electrons. The molecule has 0 radical (unpaired) electrons. The lowest BCUT2D eigenvalue weighted by Crippen LogP contribution is -2.62. The molecule has 0 saturated carbocycles. The summed E-state index contributed by atoms with van der Waals surface area (Å²) in [5.74, 6) is -4.32. The summed E-state index contributed by atoms with van der Waals surface area (Å²) >= 11 is 0. The lowest BCUT2D eigenvalue weighted by Gasteiger charge is -2.42. The molecule has 18 nitrogen and oxygen atoms in total. The highest BCUT2D eigenvalue weighted by Crippen LogP contribution is 2.44. The van der Waals surface area contributed by atoms with Gasteiger partial charge in [0, 0.05) is 11.6 Å². The zero-order chi connectivity index (χ0) is 33.6. The first-order valence-corrected chi connectivity index (χ1v) is 13.7. The third-order valence-corrected chi connectivity index (χ3v) is 7.67. The molecule has 2 aliphatic heterocycles. The first kappa shape index (κ1) is 33.4. The Labute approximate surface area is 257 Å². The van der Waals surface area contributed by atoms with Gasteiger partial charge in [0.15, 0.2) is 35.0 Å². The van der Waals surface area contributed by atoms with Crippen LogP contribution in [-0.2, 0) is 14.2 Å². The Morgan fingerprint density at radius 2 is 1.37 bits per heavy atom. The summed E-state index contributed by atoms with van der Waals surface area (Å²) in [5, 5.41) is 112. The number of methoxy groups -OCH3 is 1. The fourth-order valence-corrected chi connectivity index (χ4v) is 5.11. The van der Waals surface area contributed by atoms with Crippen LogP contribution < -0.4 is 14.9 Å². The third kappa shape index (κ3) is 5.86. The van der Waals surface area contributed by atoms with Gasteiger partial charge in [-0.3, -0.25) is 4.79 Å². The van der Waals surface area contributed by atoms with Gasteiger partial charge >= 0.3 is 0 Å². The molecular weight excluding hydrogens is 624 g/mol. The minimum atomic E-state index is -2.03. The van der Waals surface area contributed by atoms with E-state index in [-0.39, 0.29) is 11.1 Å². The summed E-state index contributed by atoms with van der Waals surface area (Å²) in [6, 6.07) is 4.22. The summed E-state index contributed by atoms with van der Waals surface area (Å²) in [6.45, 7) is -1.44. The molecule has 3 aromatic rings. The molecule has 1 aromatic heterocycles. The highest BCUT2D eigenvalue weighted by molar-refractivity contribution is 5.91. The number of benzene rings is 2. The Morgan fingerprint density at radius 1 is 0.739 bits per heavy atom. The molecule has 2 aromatic carbocycles. The molecule has 2 saturated heterocycles. The van der Waals surface area contributed by atoms with Crippen LogP contribution in [0.3, 0.4) is 0 Å². The maximum absolute atomic E-state index is 13.8. The van der Waals surface area contributed by atoms with Crippen LogP contribution >= 0.6 is 0 Å². The fourth-order valence-electron chi connectivity index (χ4n) is 5.11. The van der Waals surface area contributed by atoms with E-state index in [1.165, 1.54) is 6.07 Å². The van der Waals surface area contributed by atoms with E-state index in [1.54, 1.807) is 0 Å². The van der Waals surface area contributed by atoms with E-state index in [9.17, 15) is 61.0 Å². The van der Waals surface area contributed by atoms with Gasteiger partial charge in [-0.1, -0.05) is 0 Å². The maximum Gasteiger partial charge on any atom is 0.239 e. The smallest absolute Gasteiger partial charge is 0.239 e. The number of aromatic hydroxyl groups is 4. The van der Waals surface area contributed by atoms with Gasteiger partial charge < -0.3 is 84.3 Å². The summed E-state index contributed by atoms with van der Waals surface area (Å²) in [5.41, 5.74) is -1.56. The average molecular weight is 657 g/mol. The van der Waals surface area contributed by atoms with Crippen molar-refractivity contribution >= 4 is 11.0 Å². The SMILES string of the molecule is COc1c(O)cc2oc(-c3ccc(O)c(O)c3)c(O[C@@H]3O[C@H](CO[C@@H]4O[C@H](CO)[C@@H](O)[C@H](O)[C@H]4O)[C@@H](O)[C@H](O)[C@H]3O)c(=O)c2c1O. The summed E-state index contributed by atoms with van der Waals surface area (Å²) < 4.78 is 32.7. The molecule has 3 heterocycles. The number of phenolic OH excluding ortho intramolecular Hbond substituents is 4. The molecule has 10 atom stereocenters. The van der Waals surface area contributed by atoms with Crippen molar-refractivity contribution in [3.8, 4) is 45.8 Å². The van der Waals surface area contributed by atoms with E-state index in [4.69, 9.17) is 28.1 Å². The molecule has 0 amide bonds. The van der Waals surface area contributed by atoms with Crippen LogP contribution in [0.15, 0.2) is 33.5 Å². The molecular formula is C28H32O18. The van der Waals surface area contributed by atoms with Crippen molar-refractivity contribution in [3.05, 3.63) is 34.5 Å². The second-order valence-electron chi connectivity index (χ2n) is 10.6. The number of hydrogen-bond donors (Lipinski definition) is 11. The number of phenols is 4. The van der Waals surface area contributed by atoms with Crippen molar-refractivity contribution in [2.24, 2.45) is 0 Å². The average Bonchev–Trinajstić information content (AvgIpc) is 3.02. The van der Waals surface area contributed by atoms with Crippen LogP contribution in [0.25, 0.3) is 22.3 Å². The van der Waals surface area contributed by atoms with Gasteiger partial charge in [-0.2, -0.15) is 0 Å². The number of aliphatic hydroxyl groups is 7. The number of aliphatic hydroxyl groups excluding tert-OH is 7. The van der Waals surface area contributed by atoms with E-state index >= 15 is 0 Å². The number of ether oxygens (including phenoxy) is 5. The quantitative estimate of drug-likeness (QED) is 0.110. The minimum absolute atomic E-state index is 0.0764. The molecule has 0 bridgehead atoms. The molecule has 0 spiro atoms. The molecule has 46 heavy (non-hydrogen) atoms. The van der Waals surface area contributed by atoms with E-state index in [0.717, 1.165) is 25.3 Å². The molecule has 5 rings (SSSR count). The summed E-state index contributed by atoms with van der Waals surface area (Å²) in [6.07, 6.45) is -17.6. The Bertz CT molecular complexity index is 1620. The van der Waals surface area contributed by atoms with Crippen LogP contribution in [-0.4, -0.2) is 138 Å². The number of fused-ring (bicyclic) bond motifs is 1. The second-order valence-corrected chi connectivity index (χ2v) is 10.6. The van der Waals surface area contributed by atoms with Crippen LogP contribution in [0.4, 0.5) is 0 Å².